The first kappa shape index (κ1) is 17.0. The Labute approximate surface area is 142 Å². The molecule has 2 aromatic rings. The molecule has 23 heavy (non-hydrogen) atoms. The van der Waals surface area contributed by atoms with Gasteiger partial charge in [-0.25, -0.2) is 0 Å². The number of amides is 1. The van der Waals surface area contributed by atoms with Gasteiger partial charge in [0.05, 0.1) is 0 Å². The molecule has 0 saturated heterocycles. The normalized spacial score (nSPS) is 9.96. The van der Waals surface area contributed by atoms with Gasteiger partial charge in [-0.3, -0.25) is 4.79 Å². The third-order valence-electron chi connectivity index (χ3n) is 3.21. The predicted molar refractivity (Wildman–Crippen MR) is 98.6 cm³/mol. The monoisotopic (exact) mass is 327 g/mol. The van der Waals surface area contributed by atoms with Crippen LogP contribution in [0.3, 0.4) is 0 Å². The SMILES string of the molecule is CCCNC(=S)Nc1cccc(C(=O)NCc2ccccc2)c1. The zero-order chi connectivity index (χ0) is 16.5. The van der Waals surface area contributed by atoms with E-state index in [1.807, 2.05) is 42.5 Å². The van der Waals surface area contributed by atoms with Gasteiger partial charge in [-0.1, -0.05) is 43.3 Å². The van der Waals surface area contributed by atoms with E-state index in [0.717, 1.165) is 24.2 Å². The molecule has 3 N–H and O–H groups in total. The molecule has 0 radical (unpaired) electrons. The second-order valence-electron chi connectivity index (χ2n) is 5.13. The van der Waals surface area contributed by atoms with Crippen LogP contribution < -0.4 is 16.0 Å². The van der Waals surface area contributed by atoms with Gasteiger partial charge < -0.3 is 16.0 Å². The average molecular weight is 327 g/mol. The van der Waals surface area contributed by atoms with Crippen molar-refractivity contribution in [1.82, 2.24) is 10.6 Å². The van der Waals surface area contributed by atoms with Gasteiger partial charge in [0, 0.05) is 24.3 Å². The van der Waals surface area contributed by atoms with Crippen LogP contribution in [0.2, 0.25) is 0 Å². The van der Waals surface area contributed by atoms with Crippen LogP contribution in [-0.2, 0) is 6.54 Å². The molecule has 0 saturated carbocycles. The Morgan fingerprint density at radius 1 is 1.04 bits per heavy atom. The summed E-state index contributed by atoms with van der Waals surface area (Å²) in [5, 5.41) is 9.66. The van der Waals surface area contributed by atoms with Crippen LogP contribution in [-0.4, -0.2) is 17.6 Å². The Morgan fingerprint density at radius 2 is 1.83 bits per heavy atom. The summed E-state index contributed by atoms with van der Waals surface area (Å²) in [7, 11) is 0. The molecule has 1 amide bonds. The van der Waals surface area contributed by atoms with Crippen molar-refractivity contribution >= 4 is 28.9 Å². The van der Waals surface area contributed by atoms with E-state index in [2.05, 4.69) is 22.9 Å². The number of hydrogen-bond donors (Lipinski definition) is 3. The van der Waals surface area contributed by atoms with Gasteiger partial charge in [0.15, 0.2) is 5.11 Å². The van der Waals surface area contributed by atoms with E-state index >= 15 is 0 Å². The lowest BCUT2D eigenvalue weighted by atomic mass is 10.1. The molecular weight excluding hydrogens is 306 g/mol. The third-order valence-corrected chi connectivity index (χ3v) is 3.46. The van der Waals surface area contributed by atoms with Crippen LogP contribution in [0, 0.1) is 0 Å². The highest BCUT2D eigenvalue weighted by molar-refractivity contribution is 7.80. The molecule has 0 aliphatic carbocycles. The molecule has 2 aromatic carbocycles. The summed E-state index contributed by atoms with van der Waals surface area (Å²) in [6.07, 6.45) is 1.00. The number of hydrogen-bond acceptors (Lipinski definition) is 2. The Bertz CT molecular complexity index is 658. The van der Waals surface area contributed by atoms with E-state index in [-0.39, 0.29) is 5.91 Å². The summed E-state index contributed by atoms with van der Waals surface area (Å²) >= 11 is 5.20. The van der Waals surface area contributed by atoms with Gasteiger partial charge in [-0.15, -0.1) is 0 Å². The Morgan fingerprint density at radius 3 is 2.57 bits per heavy atom. The van der Waals surface area contributed by atoms with E-state index in [1.165, 1.54) is 0 Å². The molecule has 5 heteroatoms. The van der Waals surface area contributed by atoms with Gasteiger partial charge in [-0.2, -0.15) is 0 Å². The molecule has 0 spiro atoms. The Balaban J connectivity index is 1.93. The Hall–Kier alpha value is -2.40. The lowest BCUT2D eigenvalue weighted by molar-refractivity contribution is 0.0951. The van der Waals surface area contributed by atoms with Crippen molar-refractivity contribution in [1.29, 1.82) is 0 Å². The molecule has 120 valence electrons. The number of anilines is 1. The van der Waals surface area contributed by atoms with E-state index in [9.17, 15) is 4.79 Å². The summed E-state index contributed by atoms with van der Waals surface area (Å²) < 4.78 is 0. The minimum Gasteiger partial charge on any atom is -0.362 e. The van der Waals surface area contributed by atoms with E-state index < -0.39 is 0 Å². The Kier molecular flexibility index (Phi) is 6.56. The van der Waals surface area contributed by atoms with Crippen molar-refractivity contribution in [3.05, 3.63) is 65.7 Å². The highest BCUT2D eigenvalue weighted by Crippen LogP contribution is 2.11. The summed E-state index contributed by atoms with van der Waals surface area (Å²) in [5.41, 5.74) is 2.47. The summed E-state index contributed by atoms with van der Waals surface area (Å²) in [4.78, 5) is 12.2. The number of thiocarbonyl (C=S) groups is 1. The second kappa shape index (κ2) is 8.90. The summed E-state index contributed by atoms with van der Waals surface area (Å²) in [6.45, 7) is 3.41. The molecule has 2 rings (SSSR count). The average Bonchev–Trinajstić information content (AvgIpc) is 2.59. The van der Waals surface area contributed by atoms with E-state index in [1.54, 1.807) is 12.1 Å². The maximum atomic E-state index is 12.2. The molecule has 0 aliphatic heterocycles. The van der Waals surface area contributed by atoms with Crippen LogP contribution in [0.15, 0.2) is 54.6 Å². The topological polar surface area (TPSA) is 53.2 Å². The smallest absolute Gasteiger partial charge is 0.251 e. The van der Waals surface area contributed by atoms with Crippen LogP contribution in [0.1, 0.15) is 29.3 Å². The van der Waals surface area contributed by atoms with Crippen molar-refractivity contribution in [2.45, 2.75) is 19.9 Å². The number of nitrogens with one attached hydrogen (secondary N) is 3. The van der Waals surface area contributed by atoms with Gasteiger partial charge in [0.2, 0.25) is 0 Å². The fourth-order valence-electron chi connectivity index (χ4n) is 2.03. The molecule has 0 aromatic heterocycles. The van der Waals surface area contributed by atoms with Crippen molar-refractivity contribution in [2.75, 3.05) is 11.9 Å². The van der Waals surface area contributed by atoms with Crippen molar-refractivity contribution in [2.24, 2.45) is 0 Å². The quantitative estimate of drug-likeness (QED) is 0.713. The predicted octanol–water partition coefficient (Wildman–Crippen LogP) is 3.31. The molecule has 4 nitrogen and oxygen atoms in total. The lowest BCUT2D eigenvalue weighted by Gasteiger charge is -2.11. The van der Waals surface area contributed by atoms with Crippen LogP contribution in [0.4, 0.5) is 5.69 Å². The molecule has 0 heterocycles. The van der Waals surface area contributed by atoms with Crippen LogP contribution in [0.25, 0.3) is 0 Å². The van der Waals surface area contributed by atoms with Crippen molar-refractivity contribution in [3.8, 4) is 0 Å². The minimum absolute atomic E-state index is 0.107. The third kappa shape index (κ3) is 5.71. The molecule has 0 unspecified atom stereocenters. The van der Waals surface area contributed by atoms with Crippen LogP contribution in [0.5, 0.6) is 0 Å². The molecular formula is C18H21N3OS. The molecule has 0 bridgehead atoms. The van der Waals surface area contributed by atoms with Gasteiger partial charge in [-0.05, 0) is 42.4 Å². The molecule has 0 fully saturated rings. The highest BCUT2D eigenvalue weighted by atomic mass is 32.1. The number of rotatable bonds is 6. The summed E-state index contributed by atoms with van der Waals surface area (Å²) in [5.74, 6) is -0.107. The maximum Gasteiger partial charge on any atom is 0.251 e. The minimum atomic E-state index is -0.107. The zero-order valence-electron chi connectivity index (χ0n) is 13.1. The molecule has 0 atom stereocenters. The number of carbonyl (C=O) groups excluding carboxylic acids is 1. The largest absolute Gasteiger partial charge is 0.362 e. The maximum absolute atomic E-state index is 12.2. The first-order valence-electron chi connectivity index (χ1n) is 7.66. The van der Waals surface area contributed by atoms with E-state index in [4.69, 9.17) is 12.2 Å². The van der Waals surface area contributed by atoms with Gasteiger partial charge >= 0.3 is 0 Å². The summed E-state index contributed by atoms with van der Waals surface area (Å²) in [6, 6.07) is 17.1. The van der Waals surface area contributed by atoms with Crippen LogP contribution >= 0.6 is 12.2 Å². The van der Waals surface area contributed by atoms with E-state index in [0.29, 0.717) is 17.2 Å². The van der Waals surface area contributed by atoms with Crippen molar-refractivity contribution < 1.29 is 4.79 Å². The first-order chi connectivity index (χ1) is 11.2. The van der Waals surface area contributed by atoms with Gasteiger partial charge in [0.25, 0.3) is 5.91 Å². The fourth-order valence-corrected chi connectivity index (χ4v) is 2.25. The fraction of sp³-hybridized carbons (Fsp3) is 0.222. The first-order valence-corrected chi connectivity index (χ1v) is 8.07. The zero-order valence-corrected chi connectivity index (χ0v) is 14.0. The standard InChI is InChI=1S/C18H21N3OS/c1-2-11-19-18(23)21-16-10-6-9-15(12-16)17(22)20-13-14-7-4-3-5-8-14/h3-10,12H,2,11,13H2,1H3,(H,20,22)(H2,19,21,23). The molecule has 0 aliphatic rings. The van der Waals surface area contributed by atoms with Gasteiger partial charge in [0.1, 0.15) is 0 Å². The van der Waals surface area contributed by atoms with Crippen molar-refractivity contribution in [3.63, 3.8) is 0 Å². The highest BCUT2D eigenvalue weighted by Gasteiger charge is 2.06. The lowest BCUT2D eigenvalue weighted by Crippen LogP contribution is -2.29. The number of carbonyl (C=O) groups is 1. The second-order valence-corrected chi connectivity index (χ2v) is 5.54. The number of benzene rings is 2.